The maximum Gasteiger partial charge on any atom is 0.0858 e. The van der Waals surface area contributed by atoms with E-state index >= 15 is 0 Å². The molecule has 6 rings (SSSR count). The number of hydrazone groups is 1. The predicted octanol–water partition coefficient (Wildman–Crippen LogP) is 9.77. The summed E-state index contributed by atoms with van der Waals surface area (Å²) in [5.74, 6) is 0.199. The molecular formula is C40H47N5. The molecule has 0 aliphatic carbocycles. The van der Waals surface area contributed by atoms with Gasteiger partial charge in [0.2, 0.25) is 0 Å². The van der Waals surface area contributed by atoms with Crippen molar-refractivity contribution in [2.24, 2.45) is 11.0 Å². The van der Waals surface area contributed by atoms with E-state index in [-0.39, 0.29) is 12.0 Å². The summed E-state index contributed by atoms with van der Waals surface area (Å²) in [6.07, 6.45) is 4.44. The van der Waals surface area contributed by atoms with E-state index in [1.807, 2.05) is 0 Å². The molecule has 0 bridgehead atoms. The van der Waals surface area contributed by atoms with Crippen LogP contribution in [0, 0.1) is 5.92 Å². The van der Waals surface area contributed by atoms with Gasteiger partial charge in [0, 0.05) is 66.3 Å². The van der Waals surface area contributed by atoms with Crippen molar-refractivity contribution in [3.8, 4) is 0 Å². The van der Waals surface area contributed by atoms with Crippen LogP contribution in [0.2, 0.25) is 0 Å². The van der Waals surface area contributed by atoms with Crippen molar-refractivity contribution in [3.63, 3.8) is 0 Å². The zero-order valence-corrected chi connectivity index (χ0v) is 27.7. The van der Waals surface area contributed by atoms with Crippen LogP contribution in [0.5, 0.6) is 0 Å². The fourth-order valence-corrected chi connectivity index (χ4v) is 7.11. The highest BCUT2D eigenvalue weighted by atomic mass is 15.5. The number of hydrogen-bond acceptors (Lipinski definition) is 4. The Morgan fingerprint density at radius 3 is 1.89 bits per heavy atom. The summed E-state index contributed by atoms with van der Waals surface area (Å²) in [7, 11) is 0. The van der Waals surface area contributed by atoms with Crippen LogP contribution in [0.25, 0.3) is 27.9 Å². The van der Waals surface area contributed by atoms with Crippen molar-refractivity contribution in [2.45, 2.75) is 54.1 Å². The maximum absolute atomic E-state index is 5.40. The fraction of sp³-hybridized carbons (Fsp3) is 0.325. The molecule has 1 aliphatic heterocycles. The Balaban J connectivity index is 1.44. The van der Waals surface area contributed by atoms with E-state index in [2.05, 4.69) is 164 Å². The highest BCUT2D eigenvalue weighted by molar-refractivity contribution is 6.13. The Kier molecular flexibility index (Phi) is 8.97. The first-order chi connectivity index (χ1) is 22.0. The molecule has 4 aromatic carbocycles. The van der Waals surface area contributed by atoms with E-state index in [0.717, 1.165) is 44.1 Å². The van der Waals surface area contributed by atoms with Crippen molar-refractivity contribution >= 4 is 50.7 Å². The van der Waals surface area contributed by atoms with Gasteiger partial charge in [-0.15, -0.1) is 0 Å². The number of benzene rings is 4. The van der Waals surface area contributed by atoms with Gasteiger partial charge in [-0.2, -0.15) is 5.10 Å². The molecule has 0 saturated heterocycles. The van der Waals surface area contributed by atoms with Gasteiger partial charge in [-0.05, 0) is 88.2 Å². The highest BCUT2D eigenvalue weighted by Crippen LogP contribution is 2.44. The monoisotopic (exact) mass is 597 g/mol. The average Bonchev–Trinajstić information content (AvgIpc) is 3.59. The Labute approximate surface area is 269 Å². The molecular weight excluding hydrogens is 550 g/mol. The Hall–Kier alpha value is -4.51. The Morgan fingerprint density at radius 1 is 0.667 bits per heavy atom. The van der Waals surface area contributed by atoms with Crippen LogP contribution >= 0.6 is 0 Å². The molecule has 2 heterocycles. The predicted molar refractivity (Wildman–Crippen MR) is 196 cm³/mol. The van der Waals surface area contributed by atoms with Crippen molar-refractivity contribution in [2.75, 3.05) is 41.0 Å². The number of aromatic nitrogens is 1. The first-order valence-corrected chi connectivity index (χ1v) is 16.8. The van der Waals surface area contributed by atoms with E-state index in [9.17, 15) is 0 Å². The number of fused-ring (bicyclic) bond motifs is 3. The molecule has 1 aliphatic rings. The number of rotatable bonds is 11. The number of hydrogen-bond donors (Lipinski definition) is 0. The Morgan fingerprint density at radius 2 is 1.27 bits per heavy atom. The van der Waals surface area contributed by atoms with Crippen LogP contribution in [-0.4, -0.2) is 36.5 Å². The number of allylic oxidation sites excluding steroid dienone is 1. The third kappa shape index (κ3) is 5.61. The molecule has 5 heteroatoms. The second-order valence-corrected chi connectivity index (χ2v) is 11.9. The molecule has 0 spiro atoms. The summed E-state index contributed by atoms with van der Waals surface area (Å²) in [6.45, 7) is 18.3. The van der Waals surface area contributed by atoms with E-state index in [0.29, 0.717) is 0 Å². The van der Waals surface area contributed by atoms with E-state index < -0.39 is 0 Å². The highest BCUT2D eigenvalue weighted by Gasteiger charge is 2.36. The van der Waals surface area contributed by atoms with Crippen molar-refractivity contribution in [1.29, 1.82) is 0 Å². The third-order valence-corrected chi connectivity index (χ3v) is 9.59. The van der Waals surface area contributed by atoms with Gasteiger partial charge in [-0.25, -0.2) is 0 Å². The van der Waals surface area contributed by atoms with Crippen molar-refractivity contribution < 1.29 is 0 Å². The van der Waals surface area contributed by atoms with E-state index in [1.54, 1.807) is 0 Å². The SMILES string of the molecule is CCN(CC)c1ccc(C=CC2=NN(c3cccc4c5ccccc5n(CC)c34)C(c3ccc(N(CC)CC)cc3)C2C)cc1. The minimum atomic E-state index is 0.0781. The van der Waals surface area contributed by atoms with Crippen LogP contribution in [0.1, 0.15) is 58.7 Å². The second kappa shape index (κ2) is 13.2. The molecule has 0 N–H and O–H groups in total. The standard InChI is InChI=1S/C40H47N5/c1-7-42(8-2)32-24-19-30(20-25-32)21-28-36-29(6)39(31-22-26-33(27-23-31)43(9-3)10-4)45(41-36)38-18-14-16-35-34-15-12-13-17-37(34)44(11-5)40(35)38/h12-29,39H,7-11H2,1-6H3. The van der Waals surface area contributed by atoms with Gasteiger partial charge in [0.1, 0.15) is 0 Å². The summed E-state index contributed by atoms with van der Waals surface area (Å²) in [5.41, 5.74) is 9.77. The van der Waals surface area contributed by atoms with Crippen molar-refractivity contribution in [3.05, 3.63) is 108 Å². The minimum absolute atomic E-state index is 0.0781. The number of para-hydroxylation sites is 2. The smallest absolute Gasteiger partial charge is 0.0858 e. The van der Waals surface area contributed by atoms with Gasteiger partial charge in [-0.3, -0.25) is 5.01 Å². The minimum Gasteiger partial charge on any atom is -0.372 e. The zero-order chi connectivity index (χ0) is 31.5. The zero-order valence-electron chi connectivity index (χ0n) is 27.7. The summed E-state index contributed by atoms with van der Waals surface area (Å²) in [6, 6.07) is 33.6. The topological polar surface area (TPSA) is 27.0 Å². The van der Waals surface area contributed by atoms with Gasteiger partial charge in [0.05, 0.1) is 23.0 Å². The third-order valence-electron chi connectivity index (χ3n) is 9.59. The number of nitrogens with zero attached hydrogens (tertiary/aromatic N) is 5. The quantitative estimate of drug-likeness (QED) is 0.152. The lowest BCUT2D eigenvalue weighted by Crippen LogP contribution is -2.25. The lowest BCUT2D eigenvalue weighted by atomic mass is 9.90. The largest absolute Gasteiger partial charge is 0.372 e. The van der Waals surface area contributed by atoms with Crippen LogP contribution < -0.4 is 14.8 Å². The van der Waals surface area contributed by atoms with Crippen LogP contribution in [0.4, 0.5) is 17.1 Å². The Bertz CT molecular complexity index is 1800. The summed E-state index contributed by atoms with van der Waals surface area (Å²) in [5, 5.41) is 10.3. The van der Waals surface area contributed by atoms with Crippen LogP contribution in [-0.2, 0) is 6.54 Å². The number of aryl methyl sites for hydroxylation is 1. The van der Waals surface area contributed by atoms with Gasteiger partial charge >= 0.3 is 0 Å². The first kappa shape index (κ1) is 30.5. The molecule has 2 atom stereocenters. The lowest BCUT2D eigenvalue weighted by molar-refractivity contribution is 0.589. The molecule has 45 heavy (non-hydrogen) atoms. The molecule has 0 fully saturated rings. The number of anilines is 3. The second-order valence-electron chi connectivity index (χ2n) is 11.9. The molecule has 0 saturated carbocycles. The fourth-order valence-electron chi connectivity index (χ4n) is 7.11. The molecule has 2 unspecified atom stereocenters. The molecule has 232 valence electrons. The van der Waals surface area contributed by atoms with E-state index in [1.165, 1.54) is 44.3 Å². The molecule has 5 nitrogen and oxygen atoms in total. The van der Waals surface area contributed by atoms with Crippen LogP contribution in [0.3, 0.4) is 0 Å². The van der Waals surface area contributed by atoms with Gasteiger partial charge in [-0.1, -0.05) is 67.6 Å². The normalized spacial score (nSPS) is 16.7. The lowest BCUT2D eigenvalue weighted by Gasteiger charge is -2.29. The summed E-state index contributed by atoms with van der Waals surface area (Å²) < 4.78 is 2.45. The molecule has 5 aromatic rings. The van der Waals surface area contributed by atoms with E-state index in [4.69, 9.17) is 5.10 Å². The molecule has 0 amide bonds. The first-order valence-electron chi connectivity index (χ1n) is 16.8. The van der Waals surface area contributed by atoms with Crippen molar-refractivity contribution in [1.82, 2.24) is 4.57 Å². The maximum atomic E-state index is 5.40. The van der Waals surface area contributed by atoms with Gasteiger partial charge < -0.3 is 14.4 Å². The molecule has 1 aromatic heterocycles. The van der Waals surface area contributed by atoms with Gasteiger partial charge in [0.25, 0.3) is 0 Å². The average molecular weight is 598 g/mol. The van der Waals surface area contributed by atoms with Gasteiger partial charge in [0.15, 0.2) is 0 Å². The summed E-state index contributed by atoms with van der Waals surface area (Å²) >= 11 is 0. The van der Waals surface area contributed by atoms with Crippen LogP contribution in [0.15, 0.2) is 102 Å². The summed E-state index contributed by atoms with van der Waals surface area (Å²) in [4.78, 5) is 4.77. The molecule has 0 radical (unpaired) electrons.